The number of hydrogen-bond donors (Lipinski definition) is 4. The first-order valence-corrected chi connectivity index (χ1v) is 13.3. The number of hydrogen-bond acceptors (Lipinski definition) is 8. The second kappa shape index (κ2) is 10.9. The summed E-state index contributed by atoms with van der Waals surface area (Å²) in [4.78, 5) is 10.8. The number of aromatic nitrogens is 2. The molecule has 5 N–H and O–H groups in total. The molecule has 0 spiro atoms. The van der Waals surface area contributed by atoms with Crippen LogP contribution in [-0.2, 0) is 23.0 Å². The predicted molar refractivity (Wildman–Crippen MR) is 136 cm³/mol. The van der Waals surface area contributed by atoms with Gasteiger partial charge in [-0.1, -0.05) is 12.1 Å². The van der Waals surface area contributed by atoms with Crippen LogP contribution < -0.4 is 15.8 Å². The molecule has 192 valence electrons. The second-order valence-electron chi connectivity index (χ2n) is 9.19. The zero-order valence-electron chi connectivity index (χ0n) is 20.3. The Hall–Kier alpha value is -3.12. The summed E-state index contributed by atoms with van der Waals surface area (Å²) < 4.78 is 38.0. The molecule has 0 bridgehead atoms. The molecule has 0 aliphatic carbocycles. The fraction of sp³-hybridized carbons (Fsp3) is 0.360. The topological polar surface area (TPSA) is 133 Å². The van der Waals surface area contributed by atoms with Gasteiger partial charge in [0.1, 0.15) is 16.5 Å². The minimum atomic E-state index is -4.03. The van der Waals surface area contributed by atoms with Crippen LogP contribution in [0.5, 0.6) is 5.75 Å². The van der Waals surface area contributed by atoms with Gasteiger partial charge in [-0.25, -0.2) is 27.9 Å². The van der Waals surface area contributed by atoms with Gasteiger partial charge in [0, 0.05) is 50.0 Å². The minimum Gasteiger partial charge on any atom is -0.507 e. The molecule has 0 unspecified atom stereocenters. The van der Waals surface area contributed by atoms with E-state index in [2.05, 4.69) is 39.3 Å². The van der Waals surface area contributed by atoms with E-state index in [-0.39, 0.29) is 10.7 Å². The molecule has 2 aromatic carbocycles. The van der Waals surface area contributed by atoms with Crippen molar-refractivity contribution in [3.05, 3.63) is 65.6 Å². The molecular formula is C25H31FN6O3S. The van der Waals surface area contributed by atoms with E-state index in [9.17, 15) is 17.9 Å². The SMILES string of the molecule is C[C@H]1CN(Cc2ccc(F)c(-c3ccnc(NCCc4ccc(O)c(S(N)(=O)=O)c4)n3)c2)[C@@H](C)CN1. The van der Waals surface area contributed by atoms with Crippen molar-refractivity contribution < 1.29 is 17.9 Å². The summed E-state index contributed by atoms with van der Waals surface area (Å²) in [6.45, 7) is 7.30. The van der Waals surface area contributed by atoms with Crippen molar-refractivity contribution in [2.45, 2.75) is 43.8 Å². The highest BCUT2D eigenvalue weighted by molar-refractivity contribution is 7.89. The maximum absolute atomic E-state index is 14.8. The van der Waals surface area contributed by atoms with Gasteiger partial charge < -0.3 is 15.7 Å². The fourth-order valence-corrected chi connectivity index (χ4v) is 4.95. The van der Waals surface area contributed by atoms with E-state index in [0.29, 0.717) is 47.8 Å². The van der Waals surface area contributed by atoms with Crippen LogP contribution in [0.1, 0.15) is 25.0 Å². The van der Waals surface area contributed by atoms with Crippen LogP contribution in [0.4, 0.5) is 10.3 Å². The average molecular weight is 515 g/mol. The van der Waals surface area contributed by atoms with Gasteiger partial charge in [0.15, 0.2) is 0 Å². The zero-order valence-corrected chi connectivity index (χ0v) is 21.1. The number of nitrogens with zero attached hydrogens (tertiary/aromatic N) is 3. The number of sulfonamides is 1. The molecule has 11 heteroatoms. The number of primary sulfonamides is 1. The average Bonchev–Trinajstić information content (AvgIpc) is 2.83. The van der Waals surface area contributed by atoms with Gasteiger partial charge in [-0.2, -0.15) is 0 Å². The van der Waals surface area contributed by atoms with Crippen molar-refractivity contribution in [1.29, 1.82) is 0 Å². The lowest BCUT2D eigenvalue weighted by atomic mass is 10.0. The third kappa shape index (κ3) is 6.35. The number of anilines is 1. The van der Waals surface area contributed by atoms with E-state index in [0.717, 1.165) is 25.2 Å². The van der Waals surface area contributed by atoms with Crippen molar-refractivity contribution >= 4 is 16.0 Å². The van der Waals surface area contributed by atoms with Gasteiger partial charge in [-0.05, 0) is 61.7 Å². The van der Waals surface area contributed by atoms with Crippen LogP contribution in [-0.4, -0.2) is 60.1 Å². The highest BCUT2D eigenvalue weighted by Crippen LogP contribution is 2.25. The van der Waals surface area contributed by atoms with Gasteiger partial charge in [-0.3, -0.25) is 4.90 Å². The number of halogens is 1. The Kier molecular flexibility index (Phi) is 7.84. The number of piperazine rings is 1. The predicted octanol–water partition coefficient (Wildman–Crippen LogP) is 2.47. The molecule has 0 saturated carbocycles. The lowest BCUT2D eigenvalue weighted by Gasteiger charge is -2.37. The summed E-state index contributed by atoms with van der Waals surface area (Å²) in [5.41, 5.74) is 2.55. The van der Waals surface area contributed by atoms with Gasteiger partial charge >= 0.3 is 0 Å². The molecule has 9 nitrogen and oxygen atoms in total. The largest absolute Gasteiger partial charge is 0.507 e. The number of aromatic hydroxyl groups is 1. The molecule has 0 amide bonds. The van der Waals surface area contributed by atoms with E-state index in [4.69, 9.17) is 5.14 Å². The summed E-state index contributed by atoms with van der Waals surface area (Å²) in [7, 11) is -4.03. The zero-order chi connectivity index (χ0) is 25.9. The Bertz CT molecular complexity index is 1340. The maximum atomic E-state index is 14.8. The number of benzene rings is 2. The van der Waals surface area contributed by atoms with Crippen LogP contribution in [0.2, 0.25) is 0 Å². The lowest BCUT2D eigenvalue weighted by molar-refractivity contribution is 0.139. The smallest absolute Gasteiger partial charge is 0.241 e. The molecule has 4 rings (SSSR count). The summed E-state index contributed by atoms with van der Waals surface area (Å²) in [5, 5.41) is 21.4. The van der Waals surface area contributed by atoms with Crippen LogP contribution >= 0.6 is 0 Å². The molecule has 2 atom stereocenters. The molecule has 1 fully saturated rings. The van der Waals surface area contributed by atoms with Crippen LogP contribution in [0.15, 0.2) is 53.6 Å². The van der Waals surface area contributed by atoms with Gasteiger partial charge in [0.25, 0.3) is 0 Å². The monoisotopic (exact) mass is 514 g/mol. The maximum Gasteiger partial charge on any atom is 0.241 e. The van der Waals surface area contributed by atoms with Crippen molar-refractivity contribution in [3.63, 3.8) is 0 Å². The molecule has 3 aromatic rings. The molecule has 1 aliphatic heterocycles. The quantitative estimate of drug-likeness (QED) is 0.360. The standard InChI is InChI=1S/C25H31FN6O3S/c1-16-14-32(17(2)13-30-16)15-19-3-5-21(26)20(11-19)22-8-10-29-25(31-22)28-9-7-18-4-6-23(33)24(12-18)36(27,34)35/h3-6,8,10-12,16-17,30,33H,7,9,13-15H2,1-2H3,(H2,27,34,35)(H,28,29,31)/t16-,17-/m0/s1. The van der Waals surface area contributed by atoms with E-state index in [1.54, 1.807) is 18.3 Å². The summed E-state index contributed by atoms with van der Waals surface area (Å²) in [6, 6.07) is 11.8. The number of nitrogens with two attached hydrogens (primary N) is 1. The third-order valence-electron chi connectivity index (χ3n) is 6.27. The molecule has 36 heavy (non-hydrogen) atoms. The third-order valence-corrected chi connectivity index (χ3v) is 7.21. The van der Waals surface area contributed by atoms with Crippen molar-refractivity contribution in [2.24, 2.45) is 5.14 Å². The minimum absolute atomic E-state index is 0.321. The Balaban J connectivity index is 1.45. The van der Waals surface area contributed by atoms with Crippen LogP contribution in [0.3, 0.4) is 0 Å². The van der Waals surface area contributed by atoms with Crippen LogP contribution in [0, 0.1) is 5.82 Å². The first-order chi connectivity index (χ1) is 17.1. The Morgan fingerprint density at radius 1 is 1.19 bits per heavy atom. The highest BCUT2D eigenvalue weighted by Gasteiger charge is 2.22. The molecule has 2 heterocycles. The summed E-state index contributed by atoms with van der Waals surface area (Å²) in [5.74, 6) is -0.424. The first-order valence-electron chi connectivity index (χ1n) is 11.8. The summed E-state index contributed by atoms with van der Waals surface area (Å²) >= 11 is 0. The highest BCUT2D eigenvalue weighted by atomic mass is 32.2. The van der Waals surface area contributed by atoms with Crippen LogP contribution in [0.25, 0.3) is 11.3 Å². The number of phenolic OH excluding ortho intramolecular Hbond substituents is 1. The molecule has 1 saturated heterocycles. The fourth-order valence-electron chi connectivity index (χ4n) is 4.27. The number of rotatable bonds is 8. The van der Waals surface area contributed by atoms with E-state index in [1.807, 2.05) is 12.1 Å². The van der Waals surface area contributed by atoms with Gasteiger partial charge in [-0.15, -0.1) is 0 Å². The Morgan fingerprint density at radius 2 is 1.97 bits per heavy atom. The summed E-state index contributed by atoms with van der Waals surface area (Å²) in [6.07, 6.45) is 2.00. The van der Waals surface area contributed by atoms with E-state index < -0.39 is 15.8 Å². The Labute approximate surface area is 210 Å². The molecular weight excluding hydrogens is 483 g/mol. The Morgan fingerprint density at radius 3 is 2.75 bits per heavy atom. The van der Waals surface area contributed by atoms with Crippen molar-refractivity contribution in [1.82, 2.24) is 20.2 Å². The number of phenols is 1. The van der Waals surface area contributed by atoms with E-state index in [1.165, 1.54) is 18.2 Å². The normalized spacial score (nSPS) is 18.8. The van der Waals surface area contributed by atoms with Gasteiger partial charge in [0.2, 0.25) is 16.0 Å². The first kappa shape index (κ1) is 26.0. The molecule has 0 radical (unpaired) electrons. The van der Waals surface area contributed by atoms with Gasteiger partial charge in [0.05, 0.1) is 5.69 Å². The van der Waals surface area contributed by atoms with Crippen molar-refractivity contribution in [3.8, 4) is 17.0 Å². The molecule has 1 aromatic heterocycles. The second-order valence-corrected chi connectivity index (χ2v) is 10.7. The lowest BCUT2D eigenvalue weighted by Crippen LogP contribution is -2.53. The van der Waals surface area contributed by atoms with Crippen molar-refractivity contribution in [2.75, 3.05) is 25.0 Å². The number of nitrogens with one attached hydrogen (secondary N) is 2. The van der Waals surface area contributed by atoms with E-state index >= 15 is 0 Å². The molecule has 1 aliphatic rings.